The second kappa shape index (κ2) is 7.09. The van der Waals surface area contributed by atoms with Crippen LogP contribution in [0.1, 0.15) is 44.2 Å². The quantitative estimate of drug-likeness (QED) is 0.710. The van der Waals surface area contributed by atoms with Crippen molar-refractivity contribution in [3.8, 4) is 0 Å². The number of hydrogen-bond donors (Lipinski definition) is 0. The molecule has 0 atom stereocenters. The predicted octanol–water partition coefficient (Wildman–Crippen LogP) is 1.89. The second-order valence-corrected chi connectivity index (χ2v) is 8.21. The molecular formula is C18H22I+. The molecule has 0 N–H and O–H groups in total. The summed E-state index contributed by atoms with van der Waals surface area (Å²) < 4.78 is 3.02. The van der Waals surface area contributed by atoms with Crippen molar-refractivity contribution in [2.75, 3.05) is 0 Å². The van der Waals surface area contributed by atoms with Gasteiger partial charge >= 0.3 is 21.2 Å². The third kappa shape index (κ3) is 4.34. The van der Waals surface area contributed by atoms with E-state index in [4.69, 9.17) is 0 Å². The molecule has 100 valence electrons. The molecule has 0 fully saturated rings. The van der Waals surface area contributed by atoms with Gasteiger partial charge in [0.2, 0.25) is 0 Å². The average molecular weight is 365 g/mol. The van der Waals surface area contributed by atoms with Crippen molar-refractivity contribution in [1.29, 1.82) is 0 Å². The summed E-state index contributed by atoms with van der Waals surface area (Å²) >= 11 is -0.0265. The first-order valence-electron chi connectivity index (χ1n) is 7.02. The van der Waals surface area contributed by atoms with Crippen molar-refractivity contribution in [3.63, 3.8) is 0 Å². The van der Waals surface area contributed by atoms with Gasteiger partial charge in [-0.1, -0.05) is 51.5 Å². The van der Waals surface area contributed by atoms with E-state index >= 15 is 0 Å². The summed E-state index contributed by atoms with van der Waals surface area (Å²) in [6, 6.07) is 18.4. The van der Waals surface area contributed by atoms with Crippen LogP contribution in [0.25, 0.3) is 0 Å². The molecule has 0 radical (unpaired) electrons. The standard InChI is InChI=1S/C18H22I/c1-4-5-15-6-10-17(11-7-15)19-18-12-8-16(9-13-18)14(2)3/h6-14H,4-5H2,1-3H3/q+1. The average Bonchev–Trinajstić information content (AvgIpc) is 2.42. The number of hydrogen-bond acceptors (Lipinski definition) is 0. The predicted molar refractivity (Wildman–Crippen MR) is 78.4 cm³/mol. The molecule has 0 amide bonds. The fraction of sp³-hybridized carbons (Fsp3) is 0.333. The van der Waals surface area contributed by atoms with E-state index in [1.807, 2.05) is 0 Å². The Hall–Kier alpha value is -0.830. The number of aryl methyl sites for hydroxylation is 1. The second-order valence-electron chi connectivity index (χ2n) is 5.18. The lowest BCUT2D eigenvalue weighted by Gasteiger charge is -2.02. The lowest BCUT2D eigenvalue weighted by Crippen LogP contribution is -3.61. The third-order valence-electron chi connectivity index (χ3n) is 3.21. The van der Waals surface area contributed by atoms with Gasteiger partial charge in [-0.2, -0.15) is 0 Å². The molecular weight excluding hydrogens is 343 g/mol. The Kier molecular flexibility index (Phi) is 5.44. The van der Waals surface area contributed by atoms with Gasteiger partial charge in [-0.05, 0) is 47.7 Å². The van der Waals surface area contributed by atoms with Crippen molar-refractivity contribution in [1.82, 2.24) is 0 Å². The van der Waals surface area contributed by atoms with Crippen LogP contribution in [-0.2, 0) is 6.42 Å². The van der Waals surface area contributed by atoms with Crippen LogP contribution in [0.4, 0.5) is 0 Å². The Bertz CT molecular complexity index is 494. The van der Waals surface area contributed by atoms with Gasteiger partial charge in [0, 0.05) is 0 Å². The van der Waals surface area contributed by atoms with E-state index in [2.05, 4.69) is 69.3 Å². The van der Waals surface area contributed by atoms with Crippen molar-refractivity contribution in [2.45, 2.75) is 39.5 Å². The molecule has 0 aliphatic carbocycles. The van der Waals surface area contributed by atoms with Crippen LogP contribution in [0.2, 0.25) is 0 Å². The number of benzene rings is 2. The Labute approximate surface area is 127 Å². The highest BCUT2D eigenvalue weighted by Crippen LogP contribution is 2.12. The first-order chi connectivity index (χ1) is 9.19. The van der Waals surface area contributed by atoms with Crippen LogP contribution in [0.15, 0.2) is 48.5 Å². The maximum atomic E-state index is 2.31. The molecule has 0 aliphatic heterocycles. The van der Waals surface area contributed by atoms with Crippen LogP contribution >= 0.6 is 0 Å². The minimum Gasteiger partial charge on any atom is -0.0651 e. The van der Waals surface area contributed by atoms with E-state index in [0.29, 0.717) is 5.92 Å². The summed E-state index contributed by atoms with van der Waals surface area (Å²) in [7, 11) is 0. The van der Waals surface area contributed by atoms with E-state index in [1.165, 1.54) is 31.1 Å². The number of rotatable bonds is 5. The fourth-order valence-electron chi connectivity index (χ4n) is 2.04. The molecule has 19 heavy (non-hydrogen) atoms. The minimum atomic E-state index is -0.0265. The van der Waals surface area contributed by atoms with Gasteiger partial charge in [0.1, 0.15) is 0 Å². The van der Waals surface area contributed by atoms with Gasteiger partial charge in [0.05, 0.1) is 0 Å². The topological polar surface area (TPSA) is 0 Å². The first-order valence-corrected chi connectivity index (χ1v) is 9.18. The highest BCUT2D eigenvalue weighted by molar-refractivity contribution is 5.18. The molecule has 0 spiro atoms. The molecule has 0 unspecified atom stereocenters. The zero-order valence-electron chi connectivity index (χ0n) is 12.0. The molecule has 0 aliphatic rings. The first kappa shape index (κ1) is 14.6. The molecule has 0 saturated heterocycles. The van der Waals surface area contributed by atoms with Crippen molar-refractivity contribution in [3.05, 3.63) is 66.8 Å². The van der Waals surface area contributed by atoms with E-state index in [-0.39, 0.29) is 21.2 Å². The maximum Gasteiger partial charge on any atom is 0.357 e. The lowest BCUT2D eigenvalue weighted by molar-refractivity contribution is -0.597. The molecule has 0 nitrogen and oxygen atoms in total. The highest BCUT2D eigenvalue weighted by atomic mass is 127. The molecule has 2 aromatic rings. The zero-order chi connectivity index (χ0) is 13.7. The normalized spacial score (nSPS) is 10.9. The van der Waals surface area contributed by atoms with Gasteiger partial charge in [-0.25, -0.2) is 0 Å². The Morgan fingerprint density at radius 2 is 1.37 bits per heavy atom. The van der Waals surface area contributed by atoms with Crippen molar-refractivity contribution < 1.29 is 21.2 Å². The molecule has 2 aromatic carbocycles. The van der Waals surface area contributed by atoms with Crippen LogP contribution in [0, 0.1) is 7.14 Å². The maximum absolute atomic E-state index is 2.31. The van der Waals surface area contributed by atoms with Crippen molar-refractivity contribution in [2.24, 2.45) is 0 Å². The largest absolute Gasteiger partial charge is 0.357 e. The molecule has 0 saturated carbocycles. The van der Waals surface area contributed by atoms with E-state index in [0.717, 1.165) is 0 Å². The summed E-state index contributed by atoms with van der Waals surface area (Å²) in [6.07, 6.45) is 2.42. The lowest BCUT2D eigenvalue weighted by atomic mass is 10.0. The Balaban J connectivity index is 2.04. The van der Waals surface area contributed by atoms with Crippen LogP contribution in [-0.4, -0.2) is 0 Å². The molecule has 1 heteroatoms. The summed E-state index contributed by atoms with van der Waals surface area (Å²) in [6.45, 7) is 6.73. The van der Waals surface area contributed by atoms with Gasteiger partial charge < -0.3 is 0 Å². The fourth-order valence-corrected chi connectivity index (χ4v) is 4.20. The van der Waals surface area contributed by atoms with Gasteiger partial charge in [-0.3, -0.25) is 0 Å². The zero-order valence-corrected chi connectivity index (χ0v) is 14.1. The monoisotopic (exact) mass is 365 g/mol. The third-order valence-corrected chi connectivity index (χ3v) is 5.89. The van der Waals surface area contributed by atoms with Crippen LogP contribution < -0.4 is 21.2 Å². The van der Waals surface area contributed by atoms with Gasteiger partial charge in [0.25, 0.3) is 0 Å². The summed E-state index contributed by atoms with van der Waals surface area (Å²) in [5.74, 6) is 0.626. The van der Waals surface area contributed by atoms with E-state index in [1.54, 1.807) is 0 Å². The minimum absolute atomic E-state index is 0.0265. The van der Waals surface area contributed by atoms with Gasteiger partial charge in [-0.15, -0.1) is 0 Å². The molecule has 0 aromatic heterocycles. The SMILES string of the molecule is CCCc1ccc([I+]c2ccc(C(C)C)cc2)cc1. The van der Waals surface area contributed by atoms with E-state index in [9.17, 15) is 0 Å². The van der Waals surface area contributed by atoms with Crippen molar-refractivity contribution >= 4 is 0 Å². The smallest absolute Gasteiger partial charge is 0.0651 e. The van der Waals surface area contributed by atoms with E-state index < -0.39 is 0 Å². The van der Waals surface area contributed by atoms with Gasteiger partial charge in [0.15, 0.2) is 7.14 Å². The highest BCUT2D eigenvalue weighted by Gasteiger charge is 2.15. The molecule has 2 rings (SSSR count). The Morgan fingerprint density at radius 1 is 0.842 bits per heavy atom. The summed E-state index contributed by atoms with van der Waals surface area (Å²) in [5, 5.41) is 0. The summed E-state index contributed by atoms with van der Waals surface area (Å²) in [4.78, 5) is 0. The van der Waals surface area contributed by atoms with Crippen LogP contribution in [0.5, 0.6) is 0 Å². The van der Waals surface area contributed by atoms with Crippen LogP contribution in [0.3, 0.4) is 0 Å². The number of halogens is 1. The molecule has 0 heterocycles. The summed E-state index contributed by atoms with van der Waals surface area (Å²) in [5.41, 5.74) is 2.90. The molecule has 0 bridgehead atoms. The Morgan fingerprint density at radius 3 is 1.84 bits per heavy atom.